The lowest BCUT2D eigenvalue weighted by atomic mass is 9.99. The van der Waals surface area contributed by atoms with Crippen molar-refractivity contribution in [3.63, 3.8) is 0 Å². The minimum absolute atomic E-state index is 0.202. The van der Waals surface area contributed by atoms with Crippen LogP contribution < -0.4 is 16.2 Å². The monoisotopic (exact) mass is 424 g/mol. The molecule has 0 aliphatic carbocycles. The summed E-state index contributed by atoms with van der Waals surface area (Å²) in [6.07, 6.45) is 2.97. The number of anilines is 1. The van der Waals surface area contributed by atoms with Gasteiger partial charge in [0.15, 0.2) is 5.13 Å². The number of carbonyl (C=O) groups is 2. The predicted octanol–water partition coefficient (Wildman–Crippen LogP) is 3.56. The van der Waals surface area contributed by atoms with Crippen LogP contribution in [0.2, 0.25) is 0 Å². The zero-order chi connectivity index (χ0) is 21.7. The Morgan fingerprint density at radius 2 is 1.77 bits per heavy atom. The minimum Gasteiger partial charge on any atom is -0.345 e. The van der Waals surface area contributed by atoms with Gasteiger partial charge in [0.1, 0.15) is 6.54 Å². The normalized spacial score (nSPS) is 11.9. The van der Waals surface area contributed by atoms with Gasteiger partial charge in [-0.3, -0.25) is 14.4 Å². The van der Waals surface area contributed by atoms with Crippen molar-refractivity contribution in [3.05, 3.63) is 81.2 Å². The second-order valence-electron chi connectivity index (χ2n) is 7.29. The Morgan fingerprint density at radius 3 is 2.40 bits per heavy atom. The van der Waals surface area contributed by atoms with Crippen LogP contribution >= 0.6 is 11.3 Å². The van der Waals surface area contributed by atoms with E-state index < -0.39 is 0 Å². The first-order valence-electron chi connectivity index (χ1n) is 9.64. The fourth-order valence-corrected chi connectivity index (χ4v) is 3.47. The van der Waals surface area contributed by atoms with Gasteiger partial charge in [-0.15, -0.1) is 11.3 Å². The van der Waals surface area contributed by atoms with Crippen LogP contribution in [0.5, 0.6) is 0 Å². The average Bonchev–Trinajstić information content (AvgIpc) is 3.22. The summed E-state index contributed by atoms with van der Waals surface area (Å²) in [4.78, 5) is 40.9. The van der Waals surface area contributed by atoms with Gasteiger partial charge in [0.05, 0.1) is 11.6 Å². The van der Waals surface area contributed by atoms with Crippen LogP contribution in [0, 0.1) is 0 Å². The number of hydrogen-bond donors (Lipinski definition) is 2. The van der Waals surface area contributed by atoms with Gasteiger partial charge in [-0.1, -0.05) is 38.1 Å². The second-order valence-corrected chi connectivity index (χ2v) is 8.18. The zero-order valence-electron chi connectivity index (χ0n) is 17.1. The average molecular weight is 425 g/mol. The number of thiazole rings is 1. The van der Waals surface area contributed by atoms with E-state index in [1.807, 2.05) is 19.1 Å². The fraction of sp³-hybridized carbons (Fsp3) is 0.273. The molecule has 3 aromatic rings. The summed E-state index contributed by atoms with van der Waals surface area (Å²) in [6, 6.07) is 10.7. The Labute approximate surface area is 178 Å². The van der Waals surface area contributed by atoms with Crippen LogP contribution in [-0.4, -0.2) is 21.4 Å². The van der Waals surface area contributed by atoms with Crippen LogP contribution in [0.3, 0.4) is 0 Å². The summed E-state index contributed by atoms with van der Waals surface area (Å²) in [6.45, 7) is 5.96. The van der Waals surface area contributed by atoms with Gasteiger partial charge in [0.25, 0.3) is 11.5 Å². The summed E-state index contributed by atoms with van der Waals surface area (Å²) in [5.41, 5.74) is 2.17. The van der Waals surface area contributed by atoms with Crippen LogP contribution in [0.15, 0.2) is 59.0 Å². The van der Waals surface area contributed by atoms with E-state index in [2.05, 4.69) is 41.6 Å². The lowest BCUT2D eigenvalue weighted by Gasteiger charge is -2.16. The molecular formula is C22H24N4O3S. The third-order valence-electron chi connectivity index (χ3n) is 4.69. The van der Waals surface area contributed by atoms with Crippen LogP contribution in [0.4, 0.5) is 5.13 Å². The largest absolute Gasteiger partial charge is 0.345 e. The van der Waals surface area contributed by atoms with Gasteiger partial charge in [-0.05, 0) is 30.0 Å². The highest BCUT2D eigenvalue weighted by molar-refractivity contribution is 7.13. The third kappa shape index (κ3) is 5.42. The van der Waals surface area contributed by atoms with Crippen molar-refractivity contribution in [1.29, 1.82) is 0 Å². The third-order valence-corrected chi connectivity index (χ3v) is 5.38. The highest BCUT2D eigenvalue weighted by atomic mass is 32.1. The summed E-state index contributed by atoms with van der Waals surface area (Å²) in [5, 5.41) is 7.75. The van der Waals surface area contributed by atoms with E-state index in [0.29, 0.717) is 16.6 Å². The molecule has 8 heteroatoms. The fourth-order valence-electron chi connectivity index (χ4n) is 2.92. The Balaban J connectivity index is 1.67. The van der Waals surface area contributed by atoms with E-state index in [9.17, 15) is 14.4 Å². The summed E-state index contributed by atoms with van der Waals surface area (Å²) >= 11 is 1.29. The number of nitrogens with zero attached hydrogens (tertiary/aromatic N) is 2. The number of carbonyl (C=O) groups excluding carboxylic acids is 2. The smallest absolute Gasteiger partial charge is 0.253 e. The van der Waals surface area contributed by atoms with E-state index in [1.54, 1.807) is 11.6 Å². The first kappa shape index (κ1) is 21.4. The number of benzene rings is 1. The lowest BCUT2D eigenvalue weighted by Crippen LogP contribution is -2.31. The number of amides is 2. The molecule has 2 N–H and O–H groups in total. The first-order chi connectivity index (χ1) is 14.3. The van der Waals surface area contributed by atoms with Gasteiger partial charge in [-0.25, -0.2) is 4.98 Å². The molecule has 2 heterocycles. The van der Waals surface area contributed by atoms with Crippen molar-refractivity contribution in [3.8, 4) is 0 Å². The van der Waals surface area contributed by atoms with Crippen molar-refractivity contribution in [1.82, 2.24) is 14.9 Å². The molecule has 0 spiro atoms. The summed E-state index contributed by atoms with van der Waals surface area (Å²) in [7, 11) is 0. The molecule has 0 radical (unpaired) electrons. The maximum absolute atomic E-state index is 12.7. The van der Waals surface area contributed by atoms with Gasteiger partial charge >= 0.3 is 0 Å². The molecular weight excluding hydrogens is 400 g/mol. The number of pyridine rings is 1. The molecule has 0 aliphatic heterocycles. The number of rotatable bonds is 7. The Morgan fingerprint density at radius 1 is 1.07 bits per heavy atom. The van der Waals surface area contributed by atoms with Gasteiger partial charge in [-0.2, -0.15) is 0 Å². The Hall–Kier alpha value is -3.26. The molecule has 0 saturated carbocycles. The quantitative estimate of drug-likeness (QED) is 0.606. The second kappa shape index (κ2) is 9.49. The van der Waals surface area contributed by atoms with Crippen LogP contribution in [0.25, 0.3) is 0 Å². The van der Waals surface area contributed by atoms with E-state index in [4.69, 9.17) is 0 Å². The van der Waals surface area contributed by atoms with Gasteiger partial charge in [0.2, 0.25) is 5.91 Å². The summed E-state index contributed by atoms with van der Waals surface area (Å²) in [5.74, 6) is -0.259. The molecule has 0 aliphatic rings. The van der Waals surface area contributed by atoms with E-state index in [1.165, 1.54) is 39.8 Å². The van der Waals surface area contributed by atoms with Crippen molar-refractivity contribution in [2.24, 2.45) is 0 Å². The molecule has 1 unspecified atom stereocenters. The first-order valence-corrected chi connectivity index (χ1v) is 10.5. The highest BCUT2D eigenvalue weighted by Crippen LogP contribution is 2.19. The molecule has 3 rings (SSSR count). The number of aromatic nitrogens is 2. The van der Waals surface area contributed by atoms with Crippen LogP contribution in [-0.2, 0) is 11.3 Å². The molecule has 2 amide bonds. The molecule has 30 heavy (non-hydrogen) atoms. The molecule has 1 aromatic carbocycles. The SMILES string of the molecule is CC(C)c1ccc(C(C)NC(=O)c2ccc(=O)n(CC(=O)Nc3nccs3)c2)cc1. The molecule has 0 fully saturated rings. The van der Waals surface area contributed by atoms with Gasteiger partial charge in [0, 0.05) is 23.8 Å². The van der Waals surface area contributed by atoms with E-state index in [-0.39, 0.29) is 30.0 Å². The van der Waals surface area contributed by atoms with Crippen molar-refractivity contribution >= 4 is 28.3 Å². The van der Waals surface area contributed by atoms with Crippen molar-refractivity contribution in [2.75, 3.05) is 5.32 Å². The number of hydrogen-bond acceptors (Lipinski definition) is 5. The van der Waals surface area contributed by atoms with Crippen molar-refractivity contribution < 1.29 is 9.59 Å². The number of nitrogens with one attached hydrogen (secondary N) is 2. The maximum atomic E-state index is 12.7. The van der Waals surface area contributed by atoms with Crippen LogP contribution in [0.1, 0.15) is 54.2 Å². The Bertz CT molecular complexity index is 1070. The summed E-state index contributed by atoms with van der Waals surface area (Å²) < 4.78 is 1.21. The molecule has 1 atom stereocenters. The highest BCUT2D eigenvalue weighted by Gasteiger charge is 2.14. The maximum Gasteiger partial charge on any atom is 0.253 e. The predicted molar refractivity (Wildman–Crippen MR) is 118 cm³/mol. The van der Waals surface area contributed by atoms with E-state index in [0.717, 1.165) is 5.56 Å². The topological polar surface area (TPSA) is 93.1 Å². The molecule has 0 saturated heterocycles. The lowest BCUT2D eigenvalue weighted by molar-refractivity contribution is -0.116. The molecule has 7 nitrogen and oxygen atoms in total. The van der Waals surface area contributed by atoms with Crippen molar-refractivity contribution in [2.45, 2.75) is 39.3 Å². The minimum atomic E-state index is -0.386. The molecule has 0 bridgehead atoms. The molecule has 156 valence electrons. The Kier molecular flexibility index (Phi) is 6.79. The van der Waals surface area contributed by atoms with Gasteiger partial charge < -0.3 is 15.2 Å². The molecule has 2 aromatic heterocycles. The van der Waals surface area contributed by atoms with E-state index >= 15 is 0 Å². The zero-order valence-corrected chi connectivity index (χ0v) is 17.9. The standard InChI is InChI=1S/C22H24N4O3S/c1-14(2)16-4-6-17(7-5-16)15(3)24-21(29)18-8-9-20(28)26(12-18)13-19(27)25-22-23-10-11-30-22/h4-12,14-15H,13H2,1-3H3,(H,24,29)(H,23,25,27).